The van der Waals surface area contributed by atoms with Crippen molar-refractivity contribution in [3.8, 4) is 5.75 Å². The number of hydrogen-bond donors (Lipinski definition) is 1. The van der Waals surface area contributed by atoms with Gasteiger partial charge in [-0.05, 0) is 55.8 Å². The van der Waals surface area contributed by atoms with E-state index in [1.54, 1.807) is 39.2 Å². The van der Waals surface area contributed by atoms with Gasteiger partial charge in [0.25, 0.3) is 11.8 Å². The molecule has 5 nitrogen and oxygen atoms in total. The van der Waals surface area contributed by atoms with Gasteiger partial charge in [-0.1, -0.05) is 0 Å². The Labute approximate surface area is 146 Å². The number of nitrogens with one attached hydrogen (secondary N) is 1. The average Bonchev–Trinajstić information content (AvgIpc) is 2.55. The Hall–Kier alpha value is -2.89. The van der Waals surface area contributed by atoms with Gasteiger partial charge in [0.2, 0.25) is 0 Å². The zero-order valence-electron chi connectivity index (χ0n) is 14.7. The number of ether oxygens (including phenoxy) is 1. The molecule has 132 valence electrons. The van der Waals surface area contributed by atoms with Gasteiger partial charge in [-0.3, -0.25) is 9.59 Å². The summed E-state index contributed by atoms with van der Waals surface area (Å²) in [7, 11) is 3.32. The van der Waals surface area contributed by atoms with Crippen LogP contribution in [0.5, 0.6) is 5.75 Å². The molecule has 2 aromatic carbocycles. The van der Waals surface area contributed by atoms with E-state index in [2.05, 4.69) is 5.32 Å². The minimum atomic E-state index is -0.393. The smallest absolute Gasteiger partial charge is 0.256 e. The molecule has 0 aromatic heterocycles. The third kappa shape index (κ3) is 4.35. The molecule has 0 aliphatic rings. The first-order valence-corrected chi connectivity index (χ1v) is 7.89. The summed E-state index contributed by atoms with van der Waals surface area (Å²) >= 11 is 0. The van der Waals surface area contributed by atoms with Crippen LogP contribution in [0.15, 0.2) is 36.4 Å². The number of halogens is 1. The molecule has 1 N–H and O–H groups in total. The summed E-state index contributed by atoms with van der Waals surface area (Å²) in [6, 6.07) is 8.82. The number of anilines is 1. The normalized spacial score (nSPS) is 10.3. The molecule has 0 bridgehead atoms. The molecule has 0 aliphatic carbocycles. The SMILES string of the molecule is CCOc1cc(C(=O)N(C)C)ccc1NC(=O)c1ccc(F)cc1C. The molecular weight excluding hydrogens is 323 g/mol. The van der Waals surface area contributed by atoms with E-state index in [0.717, 1.165) is 0 Å². The fourth-order valence-electron chi connectivity index (χ4n) is 2.36. The molecule has 2 rings (SSSR count). The van der Waals surface area contributed by atoms with Crippen LogP contribution in [0.4, 0.5) is 10.1 Å². The number of aryl methyl sites for hydroxylation is 1. The molecule has 2 amide bonds. The van der Waals surface area contributed by atoms with Crippen LogP contribution in [-0.4, -0.2) is 37.4 Å². The lowest BCUT2D eigenvalue weighted by Crippen LogP contribution is -2.22. The fourth-order valence-corrected chi connectivity index (χ4v) is 2.36. The van der Waals surface area contributed by atoms with E-state index in [1.165, 1.54) is 23.1 Å². The summed E-state index contributed by atoms with van der Waals surface area (Å²) in [4.78, 5) is 26.0. The van der Waals surface area contributed by atoms with E-state index < -0.39 is 5.82 Å². The molecule has 0 radical (unpaired) electrons. The van der Waals surface area contributed by atoms with Gasteiger partial charge in [-0.15, -0.1) is 0 Å². The van der Waals surface area contributed by atoms with E-state index in [4.69, 9.17) is 4.74 Å². The number of benzene rings is 2. The molecule has 0 atom stereocenters. The highest BCUT2D eigenvalue weighted by Crippen LogP contribution is 2.27. The lowest BCUT2D eigenvalue weighted by Gasteiger charge is -2.15. The van der Waals surface area contributed by atoms with E-state index in [0.29, 0.717) is 34.7 Å². The monoisotopic (exact) mass is 344 g/mol. The summed E-state index contributed by atoms with van der Waals surface area (Å²) in [5.41, 5.74) is 1.82. The van der Waals surface area contributed by atoms with Crippen molar-refractivity contribution in [1.82, 2.24) is 4.90 Å². The number of nitrogens with zero attached hydrogens (tertiary/aromatic N) is 1. The van der Waals surface area contributed by atoms with Crippen molar-refractivity contribution in [1.29, 1.82) is 0 Å². The van der Waals surface area contributed by atoms with Crippen molar-refractivity contribution in [3.63, 3.8) is 0 Å². The van der Waals surface area contributed by atoms with Crippen molar-refractivity contribution >= 4 is 17.5 Å². The largest absolute Gasteiger partial charge is 0.492 e. The maximum Gasteiger partial charge on any atom is 0.256 e. The summed E-state index contributed by atoms with van der Waals surface area (Å²) in [5, 5.41) is 2.76. The molecule has 2 aromatic rings. The van der Waals surface area contributed by atoms with Crippen LogP contribution in [0.1, 0.15) is 33.2 Å². The topological polar surface area (TPSA) is 58.6 Å². The van der Waals surface area contributed by atoms with Crippen LogP contribution >= 0.6 is 0 Å². The molecule has 0 unspecified atom stereocenters. The van der Waals surface area contributed by atoms with Crippen molar-refractivity contribution < 1.29 is 18.7 Å². The molecular formula is C19H21FN2O3. The maximum atomic E-state index is 13.2. The first-order chi connectivity index (χ1) is 11.8. The van der Waals surface area contributed by atoms with Crippen LogP contribution in [0, 0.1) is 12.7 Å². The molecule has 6 heteroatoms. The Morgan fingerprint density at radius 1 is 1.16 bits per heavy atom. The molecule has 0 spiro atoms. The van der Waals surface area contributed by atoms with Crippen molar-refractivity contribution in [2.75, 3.05) is 26.0 Å². The number of rotatable bonds is 5. The van der Waals surface area contributed by atoms with Gasteiger partial charge in [-0.2, -0.15) is 0 Å². The Morgan fingerprint density at radius 2 is 1.88 bits per heavy atom. The first kappa shape index (κ1) is 18.4. The van der Waals surface area contributed by atoms with Gasteiger partial charge in [-0.25, -0.2) is 4.39 Å². The van der Waals surface area contributed by atoms with Crippen molar-refractivity contribution in [2.45, 2.75) is 13.8 Å². The molecule has 25 heavy (non-hydrogen) atoms. The number of amides is 2. The minimum absolute atomic E-state index is 0.159. The zero-order chi connectivity index (χ0) is 18.6. The Bertz CT molecular complexity index is 803. The summed E-state index contributed by atoms with van der Waals surface area (Å²) in [5.74, 6) is -0.516. The van der Waals surface area contributed by atoms with Crippen LogP contribution in [0.3, 0.4) is 0 Å². The van der Waals surface area contributed by atoms with E-state index in [9.17, 15) is 14.0 Å². The summed E-state index contributed by atoms with van der Waals surface area (Å²) in [6.45, 7) is 3.87. The number of hydrogen-bond acceptors (Lipinski definition) is 3. The second kappa shape index (κ2) is 7.79. The lowest BCUT2D eigenvalue weighted by atomic mass is 10.1. The van der Waals surface area contributed by atoms with Crippen molar-refractivity contribution in [2.24, 2.45) is 0 Å². The van der Waals surface area contributed by atoms with Gasteiger partial charge >= 0.3 is 0 Å². The molecule has 0 fully saturated rings. The van der Waals surface area contributed by atoms with Crippen LogP contribution in [-0.2, 0) is 0 Å². The summed E-state index contributed by atoms with van der Waals surface area (Å²) in [6.07, 6.45) is 0. The average molecular weight is 344 g/mol. The highest BCUT2D eigenvalue weighted by Gasteiger charge is 2.16. The van der Waals surface area contributed by atoms with Gasteiger partial charge in [0.15, 0.2) is 0 Å². The van der Waals surface area contributed by atoms with Gasteiger partial charge in [0, 0.05) is 25.2 Å². The molecule has 0 heterocycles. The van der Waals surface area contributed by atoms with Crippen LogP contribution in [0.25, 0.3) is 0 Å². The third-order valence-electron chi connectivity index (χ3n) is 3.62. The van der Waals surface area contributed by atoms with Gasteiger partial charge in [0.1, 0.15) is 11.6 Å². The summed E-state index contributed by atoms with van der Waals surface area (Å²) < 4.78 is 18.7. The van der Waals surface area contributed by atoms with E-state index >= 15 is 0 Å². The molecule has 0 aliphatic heterocycles. The molecule has 0 saturated heterocycles. The minimum Gasteiger partial charge on any atom is -0.492 e. The predicted octanol–water partition coefficient (Wildman–Crippen LogP) is 3.49. The maximum absolute atomic E-state index is 13.2. The number of carbonyl (C=O) groups excluding carboxylic acids is 2. The Morgan fingerprint density at radius 3 is 2.48 bits per heavy atom. The second-order valence-corrected chi connectivity index (χ2v) is 5.76. The Balaban J connectivity index is 2.31. The van der Waals surface area contributed by atoms with Gasteiger partial charge in [0.05, 0.1) is 12.3 Å². The standard InChI is InChI=1S/C19H21FN2O3/c1-5-25-17-11-13(19(24)22(3)4)6-9-16(17)21-18(23)15-8-7-14(20)10-12(15)2/h6-11H,5H2,1-4H3,(H,21,23). The van der Waals surface area contributed by atoms with Crippen LogP contribution < -0.4 is 10.1 Å². The quantitative estimate of drug-likeness (QED) is 0.903. The third-order valence-corrected chi connectivity index (χ3v) is 3.62. The van der Waals surface area contributed by atoms with Crippen LogP contribution in [0.2, 0.25) is 0 Å². The highest BCUT2D eigenvalue weighted by molar-refractivity contribution is 6.06. The first-order valence-electron chi connectivity index (χ1n) is 7.89. The predicted molar refractivity (Wildman–Crippen MR) is 94.7 cm³/mol. The van der Waals surface area contributed by atoms with Crippen molar-refractivity contribution in [3.05, 3.63) is 58.9 Å². The lowest BCUT2D eigenvalue weighted by molar-refractivity contribution is 0.0827. The number of carbonyl (C=O) groups is 2. The van der Waals surface area contributed by atoms with E-state index in [-0.39, 0.29) is 11.8 Å². The second-order valence-electron chi connectivity index (χ2n) is 5.76. The Kier molecular flexibility index (Phi) is 5.75. The zero-order valence-corrected chi connectivity index (χ0v) is 14.7. The highest BCUT2D eigenvalue weighted by atomic mass is 19.1. The fraction of sp³-hybridized carbons (Fsp3) is 0.263. The van der Waals surface area contributed by atoms with E-state index in [1.807, 2.05) is 6.92 Å². The van der Waals surface area contributed by atoms with Gasteiger partial charge < -0.3 is 15.0 Å². The molecule has 0 saturated carbocycles.